The van der Waals surface area contributed by atoms with Crippen LogP contribution in [-0.4, -0.2) is 61.1 Å². The van der Waals surface area contributed by atoms with Crippen molar-refractivity contribution >= 4 is 5.91 Å². The third-order valence-corrected chi connectivity index (χ3v) is 4.96. The fourth-order valence-electron chi connectivity index (χ4n) is 3.53. The summed E-state index contributed by atoms with van der Waals surface area (Å²) in [4.78, 5) is 17.4. The maximum absolute atomic E-state index is 12.6. The summed E-state index contributed by atoms with van der Waals surface area (Å²) in [6, 6.07) is 0.409. The van der Waals surface area contributed by atoms with E-state index in [1.54, 1.807) is 0 Å². The number of ether oxygens (including phenoxy) is 1. The number of hydrogen-bond donors (Lipinski definition) is 0. The normalized spacial score (nSPS) is 20.7. The Labute approximate surface area is 136 Å². The van der Waals surface area contributed by atoms with E-state index < -0.39 is 0 Å². The lowest BCUT2D eigenvalue weighted by Gasteiger charge is -2.35. The first-order valence-corrected chi connectivity index (χ1v) is 9.26. The van der Waals surface area contributed by atoms with Crippen LogP contribution < -0.4 is 0 Å². The van der Waals surface area contributed by atoms with Crippen LogP contribution in [0.4, 0.5) is 0 Å². The van der Waals surface area contributed by atoms with E-state index in [-0.39, 0.29) is 0 Å². The molecule has 0 bridgehead atoms. The Hall–Kier alpha value is -0.610. The van der Waals surface area contributed by atoms with Crippen molar-refractivity contribution in [1.82, 2.24) is 9.80 Å². The van der Waals surface area contributed by atoms with E-state index in [4.69, 9.17) is 4.74 Å². The molecule has 0 saturated carbocycles. The van der Waals surface area contributed by atoms with E-state index in [1.165, 1.54) is 25.9 Å². The van der Waals surface area contributed by atoms with Crippen LogP contribution in [0.2, 0.25) is 0 Å². The largest absolute Gasteiger partial charge is 0.381 e. The molecule has 2 aliphatic rings. The fourth-order valence-corrected chi connectivity index (χ4v) is 3.53. The van der Waals surface area contributed by atoms with Crippen molar-refractivity contribution in [2.24, 2.45) is 5.92 Å². The first-order chi connectivity index (χ1) is 10.7. The molecule has 1 amide bonds. The highest BCUT2D eigenvalue weighted by Crippen LogP contribution is 2.18. The summed E-state index contributed by atoms with van der Waals surface area (Å²) in [5.41, 5.74) is 0. The molecule has 2 heterocycles. The maximum atomic E-state index is 12.6. The van der Waals surface area contributed by atoms with Gasteiger partial charge in [0.2, 0.25) is 5.91 Å². The average molecular weight is 310 g/mol. The third kappa shape index (κ3) is 5.88. The van der Waals surface area contributed by atoms with E-state index in [1.807, 2.05) is 0 Å². The summed E-state index contributed by atoms with van der Waals surface area (Å²) >= 11 is 0. The Balaban J connectivity index is 1.81. The first kappa shape index (κ1) is 17.7. The number of likely N-dealkylation sites (tertiary alicyclic amines) is 1. The molecule has 2 fully saturated rings. The average Bonchev–Trinajstić information content (AvgIpc) is 3.03. The molecule has 2 rings (SSSR count). The maximum Gasteiger partial charge on any atom is 0.222 e. The van der Waals surface area contributed by atoms with Crippen LogP contribution in [-0.2, 0) is 9.53 Å². The highest BCUT2D eigenvalue weighted by atomic mass is 16.5. The van der Waals surface area contributed by atoms with Gasteiger partial charge < -0.3 is 14.5 Å². The first-order valence-electron chi connectivity index (χ1n) is 9.26. The smallest absolute Gasteiger partial charge is 0.222 e. The van der Waals surface area contributed by atoms with Crippen LogP contribution in [0.3, 0.4) is 0 Å². The van der Waals surface area contributed by atoms with Gasteiger partial charge >= 0.3 is 0 Å². The molecule has 0 aromatic heterocycles. The second kappa shape index (κ2) is 9.51. The lowest BCUT2D eigenvalue weighted by molar-refractivity contribution is -0.135. The molecule has 0 unspecified atom stereocenters. The summed E-state index contributed by atoms with van der Waals surface area (Å²) < 4.78 is 5.47. The molecular weight excluding hydrogens is 276 g/mol. The lowest BCUT2D eigenvalue weighted by atomic mass is 10.0. The minimum absolute atomic E-state index is 0.363. The third-order valence-electron chi connectivity index (χ3n) is 4.96. The van der Waals surface area contributed by atoms with E-state index >= 15 is 0 Å². The number of carbonyl (C=O) groups is 1. The summed E-state index contributed by atoms with van der Waals surface area (Å²) in [6.45, 7) is 10.6. The Morgan fingerprint density at radius 3 is 2.55 bits per heavy atom. The van der Waals surface area contributed by atoms with Crippen LogP contribution >= 0.6 is 0 Å². The monoisotopic (exact) mass is 310 g/mol. The van der Waals surface area contributed by atoms with Gasteiger partial charge in [-0.05, 0) is 64.1 Å². The zero-order chi connectivity index (χ0) is 15.8. The standard InChI is InChI=1S/C18H34N2O2/c1-16(2)6-7-18(21)20(17-8-14-22-15-9-17)13-5-12-19-10-3-4-11-19/h16-17H,3-15H2,1-2H3. The van der Waals surface area contributed by atoms with E-state index in [0.29, 0.717) is 24.3 Å². The minimum atomic E-state index is 0.363. The molecule has 2 aliphatic heterocycles. The number of hydrogen-bond acceptors (Lipinski definition) is 3. The molecule has 0 atom stereocenters. The topological polar surface area (TPSA) is 32.8 Å². The zero-order valence-corrected chi connectivity index (χ0v) is 14.6. The molecule has 4 heteroatoms. The van der Waals surface area contributed by atoms with Crippen molar-refractivity contribution in [3.63, 3.8) is 0 Å². The van der Waals surface area contributed by atoms with Gasteiger partial charge in [0, 0.05) is 32.2 Å². The second-order valence-corrected chi connectivity index (χ2v) is 7.27. The summed E-state index contributed by atoms with van der Waals surface area (Å²) in [7, 11) is 0. The molecule has 0 aliphatic carbocycles. The summed E-state index contributed by atoms with van der Waals surface area (Å²) in [5, 5.41) is 0. The van der Waals surface area contributed by atoms with Gasteiger partial charge in [0.25, 0.3) is 0 Å². The molecule has 2 saturated heterocycles. The molecule has 0 aromatic carbocycles. The van der Waals surface area contributed by atoms with Crippen LogP contribution in [0.1, 0.15) is 58.8 Å². The molecule has 0 N–H and O–H groups in total. The predicted octanol–water partition coefficient (Wildman–Crippen LogP) is 2.92. The van der Waals surface area contributed by atoms with Crippen LogP contribution in [0.15, 0.2) is 0 Å². The highest BCUT2D eigenvalue weighted by molar-refractivity contribution is 5.76. The quantitative estimate of drug-likeness (QED) is 0.691. The van der Waals surface area contributed by atoms with Crippen LogP contribution in [0.5, 0.6) is 0 Å². The van der Waals surface area contributed by atoms with E-state index in [9.17, 15) is 4.79 Å². The molecule has 0 spiro atoms. The van der Waals surface area contributed by atoms with Crippen LogP contribution in [0.25, 0.3) is 0 Å². The minimum Gasteiger partial charge on any atom is -0.381 e. The molecule has 0 aromatic rings. The molecule has 22 heavy (non-hydrogen) atoms. The molecule has 0 radical (unpaired) electrons. The van der Waals surface area contributed by atoms with Gasteiger partial charge in [-0.1, -0.05) is 13.8 Å². The van der Waals surface area contributed by atoms with Crippen molar-refractivity contribution < 1.29 is 9.53 Å². The van der Waals surface area contributed by atoms with Crippen molar-refractivity contribution in [3.05, 3.63) is 0 Å². The van der Waals surface area contributed by atoms with Gasteiger partial charge in [-0.2, -0.15) is 0 Å². The van der Waals surface area contributed by atoms with Gasteiger partial charge in [-0.25, -0.2) is 0 Å². The number of nitrogens with zero attached hydrogens (tertiary/aromatic N) is 2. The molecule has 4 nitrogen and oxygen atoms in total. The van der Waals surface area contributed by atoms with Crippen molar-refractivity contribution in [1.29, 1.82) is 0 Å². The van der Waals surface area contributed by atoms with Crippen molar-refractivity contribution in [2.75, 3.05) is 39.4 Å². The Bertz CT molecular complexity index is 321. The lowest BCUT2D eigenvalue weighted by Crippen LogP contribution is -2.44. The van der Waals surface area contributed by atoms with E-state index in [2.05, 4.69) is 23.6 Å². The SMILES string of the molecule is CC(C)CCC(=O)N(CCCN1CCCC1)C1CCOCC1. The molecule has 128 valence electrons. The second-order valence-electron chi connectivity index (χ2n) is 7.27. The zero-order valence-electron chi connectivity index (χ0n) is 14.6. The van der Waals surface area contributed by atoms with E-state index in [0.717, 1.165) is 52.0 Å². The predicted molar refractivity (Wildman–Crippen MR) is 89.9 cm³/mol. The molecular formula is C18H34N2O2. The Morgan fingerprint density at radius 1 is 1.23 bits per heavy atom. The highest BCUT2D eigenvalue weighted by Gasteiger charge is 2.25. The van der Waals surface area contributed by atoms with Gasteiger partial charge in [0.15, 0.2) is 0 Å². The number of amides is 1. The van der Waals surface area contributed by atoms with Gasteiger partial charge in [-0.3, -0.25) is 4.79 Å². The summed E-state index contributed by atoms with van der Waals surface area (Å²) in [6.07, 6.45) is 7.54. The van der Waals surface area contributed by atoms with Crippen LogP contribution in [0, 0.1) is 5.92 Å². The van der Waals surface area contributed by atoms with Crippen molar-refractivity contribution in [2.45, 2.75) is 64.8 Å². The summed E-state index contributed by atoms with van der Waals surface area (Å²) in [5.74, 6) is 0.965. The number of rotatable bonds is 8. The fraction of sp³-hybridized carbons (Fsp3) is 0.944. The Morgan fingerprint density at radius 2 is 1.91 bits per heavy atom. The van der Waals surface area contributed by atoms with Gasteiger partial charge in [0.1, 0.15) is 0 Å². The van der Waals surface area contributed by atoms with Gasteiger partial charge in [-0.15, -0.1) is 0 Å². The number of carbonyl (C=O) groups excluding carboxylic acids is 1. The van der Waals surface area contributed by atoms with Gasteiger partial charge in [0.05, 0.1) is 0 Å². The van der Waals surface area contributed by atoms with Crippen molar-refractivity contribution in [3.8, 4) is 0 Å². The Kier molecular flexibility index (Phi) is 7.67.